The molecule has 0 saturated carbocycles. The van der Waals surface area contributed by atoms with Crippen molar-refractivity contribution >= 4 is 34.6 Å². The summed E-state index contributed by atoms with van der Waals surface area (Å²) in [6, 6.07) is 22.5. The number of amides is 2. The average Bonchev–Trinajstić information content (AvgIpc) is 2.94. The van der Waals surface area contributed by atoms with Gasteiger partial charge in [0.2, 0.25) is 5.91 Å². The molecule has 1 fully saturated rings. The Kier molecular flexibility index (Phi) is 8.37. The average molecular weight is 524 g/mol. The van der Waals surface area contributed by atoms with Crippen molar-refractivity contribution in [1.82, 2.24) is 9.88 Å². The van der Waals surface area contributed by atoms with E-state index in [1.54, 1.807) is 0 Å². The van der Waals surface area contributed by atoms with Gasteiger partial charge < -0.3 is 15.5 Å². The third-order valence-corrected chi connectivity index (χ3v) is 7.50. The quantitative estimate of drug-likeness (QED) is 0.419. The van der Waals surface area contributed by atoms with Crippen LogP contribution in [0.4, 0.5) is 17.2 Å². The molecule has 2 aromatic carbocycles. The third kappa shape index (κ3) is 6.92. The lowest BCUT2D eigenvalue weighted by atomic mass is 9.86. The van der Waals surface area contributed by atoms with E-state index in [1.807, 2.05) is 30.3 Å². The lowest BCUT2D eigenvalue weighted by molar-refractivity contribution is -0.114. The predicted octanol–water partition coefficient (Wildman–Crippen LogP) is 5.64. The first-order chi connectivity index (χ1) is 18.9. The minimum absolute atomic E-state index is 0.0165. The van der Waals surface area contributed by atoms with Gasteiger partial charge in [0.05, 0.1) is 5.69 Å². The fourth-order valence-electron chi connectivity index (χ4n) is 5.40. The van der Waals surface area contributed by atoms with Gasteiger partial charge in [-0.1, -0.05) is 35.9 Å². The Balaban J connectivity index is 1.17. The van der Waals surface area contributed by atoms with Crippen molar-refractivity contribution < 1.29 is 9.59 Å². The Hall–Kier alpha value is -3.97. The number of aromatic nitrogens is 1. The van der Waals surface area contributed by atoms with Gasteiger partial charge in [0.15, 0.2) is 0 Å². The second-order valence-corrected chi connectivity index (χ2v) is 10.5. The molecule has 7 nitrogen and oxygen atoms in total. The van der Waals surface area contributed by atoms with Crippen molar-refractivity contribution in [3.8, 4) is 0 Å². The van der Waals surface area contributed by atoms with E-state index in [2.05, 4.69) is 68.7 Å². The van der Waals surface area contributed by atoms with Crippen molar-refractivity contribution in [1.29, 1.82) is 0 Å². The molecule has 0 atom stereocenters. The molecule has 2 amide bonds. The molecule has 0 bridgehead atoms. The van der Waals surface area contributed by atoms with Gasteiger partial charge in [-0.15, -0.1) is 0 Å². The topological polar surface area (TPSA) is 77.6 Å². The van der Waals surface area contributed by atoms with Crippen LogP contribution in [-0.2, 0) is 16.1 Å². The summed E-state index contributed by atoms with van der Waals surface area (Å²) in [5, 5.41) is 5.90. The second kappa shape index (κ2) is 12.3. The van der Waals surface area contributed by atoms with Crippen LogP contribution in [0.1, 0.15) is 49.4 Å². The Morgan fingerprint density at radius 3 is 2.28 bits per heavy atom. The smallest absolute Gasteiger partial charge is 0.251 e. The van der Waals surface area contributed by atoms with E-state index in [0.717, 1.165) is 86.6 Å². The molecule has 2 N–H and O–H groups in total. The molecule has 2 heterocycles. The van der Waals surface area contributed by atoms with Gasteiger partial charge in [-0.3, -0.25) is 14.5 Å². The highest BCUT2D eigenvalue weighted by atomic mass is 16.2. The van der Waals surface area contributed by atoms with Crippen LogP contribution in [0.15, 0.2) is 72.3 Å². The van der Waals surface area contributed by atoms with Crippen molar-refractivity contribution in [2.24, 2.45) is 0 Å². The number of carbonyl (C=O) groups excluding carboxylic acids is 2. The number of aryl methyl sites for hydroxylation is 1. The number of carbonyl (C=O) groups is 2. The maximum atomic E-state index is 13.3. The van der Waals surface area contributed by atoms with Gasteiger partial charge in [-0.2, -0.15) is 0 Å². The number of nitrogens with one attached hydrogen (secondary N) is 2. The molecule has 3 aromatic rings. The summed E-state index contributed by atoms with van der Waals surface area (Å²) < 4.78 is 0. The molecule has 202 valence electrons. The van der Waals surface area contributed by atoms with E-state index in [0.29, 0.717) is 5.82 Å². The van der Waals surface area contributed by atoms with Crippen LogP contribution >= 0.6 is 0 Å². The summed E-state index contributed by atoms with van der Waals surface area (Å²) in [6.07, 6.45) is 3.96. The molecular formula is C32H37N5O2. The van der Waals surface area contributed by atoms with Crippen LogP contribution in [0.25, 0.3) is 5.57 Å². The molecule has 39 heavy (non-hydrogen) atoms. The lowest BCUT2D eigenvalue weighted by Gasteiger charge is -2.36. The summed E-state index contributed by atoms with van der Waals surface area (Å²) in [6.45, 7) is 8.04. The van der Waals surface area contributed by atoms with Crippen molar-refractivity contribution in [2.45, 2.75) is 46.1 Å². The van der Waals surface area contributed by atoms with Crippen molar-refractivity contribution in [3.05, 3.63) is 89.1 Å². The first-order valence-electron chi connectivity index (χ1n) is 13.9. The van der Waals surface area contributed by atoms with Crippen LogP contribution in [0.3, 0.4) is 0 Å². The molecule has 1 aromatic heterocycles. The Labute approximate surface area is 230 Å². The highest BCUT2D eigenvalue weighted by Crippen LogP contribution is 2.33. The predicted molar refractivity (Wildman–Crippen MR) is 158 cm³/mol. The summed E-state index contributed by atoms with van der Waals surface area (Å²) in [7, 11) is 0. The van der Waals surface area contributed by atoms with Crippen LogP contribution in [0.2, 0.25) is 0 Å². The van der Waals surface area contributed by atoms with E-state index in [-0.39, 0.29) is 11.8 Å². The highest BCUT2D eigenvalue weighted by molar-refractivity contribution is 6.09. The number of hydrogen-bond donors (Lipinski definition) is 2. The number of anilines is 3. The Morgan fingerprint density at radius 1 is 0.846 bits per heavy atom. The zero-order valence-corrected chi connectivity index (χ0v) is 22.9. The normalized spacial score (nSPS) is 16.2. The number of benzene rings is 2. The van der Waals surface area contributed by atoms with Crippen LogP contribution < -0.4 is 15.5 Å². The largest absolute Gasteiger partial charge is 0.369 e. The van der Waals surface area contributed by atoms with Gasteiger partial charge in [0.1, 0.15) is 5.82 Å². The zero-order chi connectivity index (χ0) is 27.2. The van der Waals surface area contributed by atoms with E-state index in [1.165, 1.54) is 18.1 Å². The molecule has 5 rings (SSSR count). The first-order valence-corrected chi connectivity index (χ1v) is 13.9. The van der Waals surface area contributed by atoms with Crippen LogP contribution in [0.5, 0.6) is 0 Å². The van der Waals surface area contributed by atoms with Gasteiger partial charge in [0, 0.05) is 56.6 Å². The maximum absolute atomic E-state index is 13.3. The third-order valence-electron chi connectivity index (χ3n) is 7.50. The molecule has 0 unspecified atom stereocenters. The lowest BCUT2D eigenvalue weighted by Crippen LogP contribution is -2.46. The van der Waals surface area contributed by atoms with E-state index in [9.17, 15) is 9.59 Å². The van der Waals surface area contributed by atoms with Crippen LogP contribution in [-0.4, -0.2) is 47.9 Å². The maximum Gasteiger partial charge on any atom is 0.251 e. The summed E-state index contributed by atoms with van der Waals surface area (Å²) in [4.78, 5) is 33.9. The molecular weight excluding hydrogens is 486 g/mol. The van der Waals surface area contributed by atoms with Crippen molar-refractivity contribution in [2.75, 3.05) is 41.7 Å². The number of piperazine rings is 1. The second-order valence-electron chi connectivity index (χ2n) is 10.5. The Morgan fingerprint density at radius 2 is 1.56 bits per heavy atom. The summed E-state index contributed by atoms with van der Waals surface area (Å²) in [5.74, 6) is 0.497. The number of nitrogens with zero attached hydrogens (tertiary/aromatic N) is 3. The first kappa shape index (κ1) is 26.6. The number of rotatable bonds is 7. The van der Waals surface area contributed by atoms with E-state index < -0.39 is 0 Å². The minimum Gasteiger partial charge on any atom is -0.369 e. The molecule has 1 saturated heterocycles. The number of pyridine rings is 1. The molecule has 0 spiro atoms. The van der Waals surface area contributed by atoms with E-state index in [4.69, 9.17) is 0 Å². The monoisotopic (exact) mass is 523 g/mol. The standard InChI is InChI=1S/C32H37N5O2/c1-23-10-12-25(13-11-23)29-7-3-4-8-30(29)32(39)35-26-14-16-28(17-15-26)37-20-18-36(19-21-37)22-27-6-5-9-31(34-27)33-24(2)38/h5-6,9-17H,3-4,7-8,18-22H2,1-2H3,(H,35,39)(H,33,34,38). The summed E-state index contributed by atoms with van der Waals surface area (Å²) in [5.41, 5.74) is 7.44. The molecule has 1 aliphatic carbocycles. The van der Waals surface area contributed by atoms with Crippen molar-refractivity contribution in [3.63, 3.8) is 0 Å². The van der Waals surface area contributed by atoms with Crippen LogP contribution in [0, 0.1) is 6.92 Å². The fraction of sp³-hybridized carbons (Fsp3) is 0.344. The number of hydrogen-bond acceptors (Lipinski definition) is 5. The van der Waals surface area contributed by atoms with E-state index >= 15 is 0 Å². The van der Waals surface area contributed by atoms with Gasteiger partial charge in [-0.05, 0) is 80.1 Å². The van der Waals surface area contributed by atoms with Gasteiger partial charge >= 0.3 is 0 Å². The molecule has 1 aliphatic heterocycles. The molecule has 0 radical (unpaired) electrons. The van der Waals surface area contributed by atoms with Gasteiger partial charge in [-0.25, -0.2) is 4.98 Å². The SMILES string of the molecule is CC(=O)Nc1cccc(CN2CCN(c3ccc(NC(=O)C4=C(c5ccc(C)cc5)CCCC4)cc3)CC2)n1. The minimum atomic E-state index is -0.114. The molecule has 7 heteroatoms. The number of allylic oxidation sites excluding steroid dienone is 1. The summed E-state index contributed by atoms with van der Waals surface area (Å²) >= 11 is 0. The molecule has 2 aliphatic rings. The zero-order valence-electron chi connectivity index (χ0n) is 22.9. The highest BCUT2D eigenvalue weighted by Gasteiger charge is 2.21. The Bertz CT molecular complexity index is 1340. The fourth-order valence-corrected chi connectivity index (χ4v) is 5.40. The van der Waals surface area contributed by atoms with Gasteiger partial charge in [0.25, 0.3) is 5.91 Å².